The molecule has 1 unspecified atom stereocenters. The highest BCUT2D eigenvalue weighted by Crippen LogP contribution is 2.21. The summed E-state index contributed by atoms with van der Waals surface area (Å²) >= 11 is 0. The molecular formula is C12H15N3O3. The van der Waals surface area contributed by atoms with Crippen LogP contribution in [-0.4, -0.2) is 34.6 Å². The van der Waals surface area contributed by atoms with Crippen LogP contribution in [0.25, 0.3) is 5.52 Å². The lowest BCUT2D eigenvalue weighted by atomic mass is 10.3. The Morgan fingerprint density at radius 2 is 2.28 bits per heavy atom. The maximum Gasteiger partial charge on any atom is 0.356 e. The number of hydrogen-bond acceptors (Lipinski definition) is 4. The largest absolute Gasteiger partial charge is 0.495 e. The van der Waals surface area contributed by atoms with E-state index in [1.54, 1.807) is 36.9 Å². The number of nitrogens with zero attached hydrogens (tertiary/aromatic N) is 2. The van der Waals surface area contributed by atoms with Gasteiger partial charge in [-0.05, 0) is 26.1 Å². The molecule has 2 aromatic rings. The van der Waals surface area contributed by atoms with Gasteiger partial charge in [-0.1, -0.05) is 0 Å². The second kappa shape index (κ2) is 4.66. The van der Waals surface area contributed by atoms with E-state index in [0.717, 1.165) is 0 Å². The molecule has 0 bridgehead atoms. The Morgan fingerprint density at radius 3 is 2.83 bits per heavy atom. The molecule has 1 atom stereocenters. The van der Waals surface area contributed by atoms with Crippen molar-refractivity contribution in [3.8, 4) is 5.75 Å². The average molecular weight is 249 g/mol. The molecule has 0 saturated carbocycles. The summed E-state index contributed by atoms with van der Waals surface area (Å²) in [6, 6.07) is 3.36. The lowest BCUT2D eigenvalue weighted by Crippen LogP contribution is -2.15. The van der Waals surface area contributed by atoms with Crippen molar-refractivity contribution in [2.45, 2.75) is 13.0 Å². The number of aromatic carboxylic acids is 1. The van der Waals surface area contributed by atoms with Crippen molar-refractivity contribution in [1.82, 2.24) is 14.7 Å². The molecule has 96 valence electrons. The van der Waals surface area contributed by atoms with Crippen LogP contribution in [0.3, 0.4) is 0 Å². The fourth-order valence-corrected chi connectivity index (χ4v) is 1.80. The monoisotopic (exact) mass is 249 g/mol. The van der Waals surface area contributed by atoms with Crippen LogP contribution in [0.1, 0.15) is 29.3 Å². The minimum atomic E-state index is -1.03. The molecule has 0 amide bonds. The topological polar surface area (TPSA) is 75.9 Å². The predicted molar refractivity (Wildman–Crippen MR) is 66.2 cm³/mol. The van der Waals surface area contributed by atoms with Crippen molar-refractivity contribution < 1.29 is 14.6 Å². The van der Waals surface area contributed by atoms with Crippen molar-refractivity contribution in [1.29, 1.82) is 0 Å². The summed E-state index contributed by atoms with van der Waals surface area (Å²) < 4.78 is 6.88. The molecule has 18 heavy (non-hydrogen) atoms. The molecule has 2 N–H and O–H groups in total. The second-order valence-electron chi connectivity index (χ2n) is 3.96. The molecule has 0 aliphatic rings. The SMILES string of the molecule is CNC(C)c1nc(C(=O)O)c2ccc(OC)cn12. The zero-order chi connectivity index (χ0) is 13.3. The third-order valence-corrected chi connectivity index (χ3v) is 2.90. The third-order valence-electron chi connectivity index (χ3n) is 2.90. The molecule has 0 aromatic carbocycles. The number of rotatable bonds is 4. The smallest absolute Gasteiger partial charge is 0.356 e. The van der Waals surface area contributed by atoms with Gasteiger partial charge in [0.25, 0.3) is 0 Å². The Morgan fingerprint density at radius 1 is 1.56 bits per heavy atom. The van der Waals surface area contributed by atoms with Gasteiger partial charge in [0, 0.05) is 0 Å². The van der Waals surface area contributed by atoms with E-state index in [1.807, 2.05) is 6.92 Å². The van der Waals surface area contributed by atoms with Crippen molar-refractivity contribution in [2.75, 3.05) is 14.2 Å². The lowest BCUT2D eigenvalue weighted by Gasteiger charge is -2.09. The number of carboxylic acid groups (broad SMARTS) is 1. The van der Waals surface area contributed by atoms with E-state index in [-0.39, 0.29) is 11.7 Å². The summed E-state index contributed by atoms with van der Waals surface area (Å²) in [4.78, 5) is 15.3. The summed E-state index contributed by atoms with van der Waals surface area (Å²) in [5.41, 5.74) is 0.607. The molecular weight excluding hydrogens is 234 g/mol. The summed E-state index contributed by atoms with van der Waals surface area (Å²) in [6.45, 7) is 1.92. The first kappa shape index (κ1) is 12.4. The number of nitrogens with one attached hydrogen (secondary N) is 1. The highest BCUT2D eigenvalue weighted by molar-refractivity contribution is 5.93. The normalized spacial score (nSPS) is 12.6. The van der Waals surface area contributed by atoms with E-state index in [0.29, 0.717) is 17.1 Å². The van der Waals surface area contributed by atoms with Gasteiger partial charge in [0.2, 0.25) is 0 Å². The van der Waals surface area contributed by atoms with Gasteiger partial charge in [0.05, 0.1) is 24.9 Å². The number of ether oxygens (including phenoxy) is 1. The van der Waals surface area contributed by atoms with Crippen molar-refractivity contribution in [2.24, 2.45) is 0 Å². The number of carbonyl (C=O) groups is 1. The van der Waals surface area contributed by atoms with E-state index in [2.05, 4.69) is 10.3 Å². The molecule has 2 heterocycles. The lowest BCUT2D eigenvalue weighted by molar-refractivity contribution is 0.0693. The zero-order valence-corrected chi connectivity index (χ0v) is 10.5. The number of aromatic nitrogens is 2. The van der Waals surface area contributed by atoms with Crippen LogP contribution >= 0.6 is 0 Å². The van der Waals surface area contributed by atoms with Gasteiger partial charge in [-0.2, -0.15) is 0 Å². The fourth-order valence-electron chi connectivity index (χ4n) is 1.80. The fraction of sp³-hybridized carbons (Fsp3) is 0.333. The molecule has 0 aliphatic heterocycles. The molecule has 0 aliphatic carbocycles. The second-order valence-corrected chi connectivity index (χ2v) is 3.96. The quantitative estimate of drug-likeness (QED) is 0.854. The number of methoxy groups -OCH3 is 1. The molecule has 0 radical (unpaired) electrons. The first-order chi connectivity index (χ1) is 8.58. The number of fused-ring (bicyclic) bond motifs is 1. The minimum Gasteiger partial charge on any atom is -0.495 e. The van der Waals surface area contributed by atoms with Gasteiger partial charge >= 0.3 is 5.97 Å². The number of imidazole rings is 1. The highest BCUT2D eigenvalue weighted by Gasteiger charge is 2.19. The van der Waals surface area contributed by atoms with Crippen molar-refractivity contribution in [3.63, 3.8) is 0 Å². The first-order valence-corrected chi connectivity index (χ1v) is 5.55. The Hall–Kier alpha value is -2.08. The van der Waals surface area contributed by atoms with Gasteiger partial charge in [0.1, 0.15) is 11.6 Å². The van der Waals surface area contributed by atoms with Crippen LogP contribution in [0.5, 0.6) is 5.75 Å². The van der Waals surface area contributed by atoms with Gasteiger partial charge in [-0.25, -0.2) is 9.78 Å². The molecule has 2 rings (SSSR count). The molecule has 6 heteroatoms. The minimum absolute atomic E-state index is 0.0507. The molecule has 0 spiro atoms. The summed E-state index contributed by atoms with van der Waals surface area (Å²) in [7, 11) is 3.36. The van der Waals surface area contributed by atoms with Gasteiger partial charge in [0.15, 0.2) is 5.69 Å². The van der Waals surface area contributed by atoms with Crippen LogP contribution in [-0.2, 0) is 0 Å². The van der Waals surface area contributed by atoms with Crippen LogP contribution in [0.15, 0.2) is 18.3 Å². The molecule has 0 saturated heterocycles. The molecule has 2 aromatic heterocycles. The van der Waals surface area contributed by atoms with Crippen LogP contribution in [0.2, 0.25) is 0 Å². The van der Waals surface area contributed by atoms with Crippen LogP contribution in [0, 0.1) is 0 Å². The maximum atomic E-state index is 11.2. The van der Waals surface area contributed by atoms with Gasteiger partial charge in [-0.3, -0.25) is 4.40 Å². The number of pyridine rings is 1. The summed E-state index contributed by atoms with van der Waals surface area (Å²) in [5.74, 6) is 0.261. The van der Waals surface area contributed by atoms with Crippen LogP contribution in [0.4, 0.5) is 0 Å². The van der Waals surface area contributed by atoms with Crippen LogP contribution < -0.4 is 10.1 Å². The third kappa shape index (κ3) is 1.91. The summed E-state index contributed by atoms with van der Waals surface area (Å²) in [6.07, 6.45) is 1.73. The highest BCUT2D eigenvalue weighted by atomic mass is 16.5. The van der Waals surface area contributed by atoms with Crippen molar-refractivity contribution in [3.05, 3.63) is 29.8 Å². The Balaban J connectivity index is 2.72. The average Bonchev–Trinajstić information content (AvgIpc) is 2.76. The van der Waals surface area contributed by atoms with Gasteiger partial charge in [-0.15, -0.1) is 0 Å². The van der Waals surface area contributed by atoms with Gasteiger partial charge < -0.3 is 15.2 Å². The Bertz CT molecular complexity index is 592. The molecule has 6 nitrogen and oxygen atoms in total. The van der Waals surface area contributed by atoms with Crippen molar-refractivity contribution >= 4 is 11.5 Å². The summed E-state index contributed by atoms with van der Waals surface area (Å²) in [5, 5.41) is 12.2. The first-order valence-electron chi connectivity index (χ1n) is 5.55. The number of hydrogen-bond donors (Lipinski definition) is 2. The van der Waals surface area contributed by atoms with E-state index < -0.39 is 5.97 Å². The zero-order valence-electron chi connectivity index (χ0n) is 10.5. The van der Waals surface area contributed by atoms with E-state index in [9.17, 15) is 4.79 Å². The Kier molecular flexibility index (Phi) is 3.20. The van der Waals surface area contributed by atoms with E-state index in [4.69, 9.17) is 9.84 Å². The number of carboxylic acids is 1. The standard InChI is InChI=1S/C12H15N3O3/c1-7(13-2)11-14-10(12(16)17)9-5-4-8(18-3)6-15(9)11/h4-7,13H,1-3H3,(H,16,17). The Labute approximate surface area is 104 Å². The molecule has 0 fully saturated rings. The van der Waals surface area contributed by atoms with E-state index in [1.165, 1.54) is 0 Å². The van der Waals surface area contributed by atoms with E-state index >= 15 is 0 Å². The maximum absolute atomic E-state index is 11.2. The predicted octanol–water partition coefficient (Wildman–Crippen LogP) is 1.32.